The van der Waals surface area contributed by atoms with Crippen LogP contribution in [0.5, 0.6) is 0 Å². The highest BCUT2D eigenvalue weighted by Gasteiger charge is 2.24. The van der Waals surface area contributed by atoms with Gasteiger partial charge in [-0.3, -0.25) is 9.59 Å². The minimum Gasteiger partial charge on any atom is -0.462 e. The largest absolute Gasteiger partial charge is 0.462 e. The van der Waals surface area contributed by atoms with Gasteiger partial charge < -0.3 is 20.3 Å². The predicted molar refractivity (Wildman–Crippen MR) is 241 cm³/mol. The van der Waals surface area contributed by atoms with Crippen molar-refractivity contribution in [2.45, 2.75) is 289 Å². The molecule has 0 spiro atoms. The molecule has 0 aromatic heterocycles. The molecule has 332 valence electrons. The van der Waals surface area contributed by atoms with E-state index in [9.17, 15) is 19.8 Å². The molecule has 0 radical (unpaired) electrons. The highest BCUT2D eigenvalue weighted by Crippen LogP contribution is 2.18. The van der Waals surface area contributed by atoms with Crippen LogP contribution in [0.4, 0.5) is 0 Å². The average Bonchev–Trinajstić information content (AvgIpc) is 3.19. The predicted octanol–water partition coefficient (Wildman–Crippen LogP) is 14.6. The van der Waals surface area contributed by atoms with E-state index in [0.717, 1.165) is 64.2 Å². The van der Waals surface area contributed by atoms with E-state index in [1.165, 1.54) is 161 Å². The van der Waals surface area contributed by atoms with E-state index in [4.69, 9.17) is 4.74 Å². The minimum atomic E-state index is -0.784. The molecule has 0 saturated heterocycles. The Balaban J connectivity index is 4.46. The molecule has 1 amide bonds. The Hall–Kier alpha value is -1.40. The van der Waals surface area contributed by atoms with Crippen molar-refractivity contribution in [2.24, 2.45) is 0 Å². The zero-order chi connectivity index (χ0) is 41.0. The molecule has 0 rings (SSSR count). The number of ether oxygens (including phenoxy) is 1. The van der Waals surface area contributed by atoms with E-state index >= 15 is 0 Å². The first kappa shape index (κ1) is 54.6. The fraction of sp³-hybridized carbons (Fsp3) is 0.920. The van der Waals surface area contributed by atoms with Crippen LogP contribution in [-0.4, -0.2) is 46.9 Å². The van der Waals surface area contributed by atoms with Crippen LogP contribution in [0.15, 0.2) is 12.2 Å². The van der Waals surface area contributed by atoms with Gasteiger partial charge in [-0.1, -0.05) is 219 Å². The number of carbonyl (C=O) groups is 2. The van der Waals surface area contributed by atoms with E-state index in [0.29, 0.717) is 19.3 Å². The second-order valence-electron chi connectivity index (χ2n) is 17.2. The number of carbonyl (C=O) groups excluding carboxylic acids is 2. The zero-order valence-corrected chi connectivity index (χ0v) is 37.8. The Morgan fingerprint density at radius 2 is 0.857 bits per heavy atom. The van der Waals surface area contributed by atoms with Crippen molar-refractivity contribution in [1.29, 1.82) is 0 Å². The van der Waals surface area contributed by atoms with E-state index in [1.54, 1.807) is 0 Å². The van der Waals surface area contributed by atoms with Crippen molar-refractivity contribution in [1.82, 2.24) is 5.32 Å². The minimum absolute atomic E-state index is 0.0730. The van der Waals surface area contributed by atoms with E-state index < -0.39 is 18.2 Å². The number of esters is 1. The van der Waals surface area contributed by atoms with Crippen LogP contribution < -0.4 is 5.32 Å². The van der Waals surface area contributed by atoms with Crippen LogP contribution >= 0.6 is 0 Å². The average molecular weight is 792 g/mol. The third-order valence-electron chi connectivity index (χ3n) is 11.6. The van der Waals surface area contributed by atoms with Crippen molar-refractivity contribution in [3.63, 3.8) is 0 Å². The smallest absolute Gasteiger partial charge is 0.306 e. The van der Waals surface area contributed by atoms with Crippen molar-refractivity contribution >= 4 is 11.9 Å². The molecule has 3 unspecified atom stereocenters. The summed E-state index contributed by atoms with van der Waals surface area (Å²) in [5, 5.41) is 23.6. The Labute approximate surface area is 349 Å². The summed E-state index contributed by atoms with van der Waals surface area (Å²) in [4.78, 5) is 26.0. The molecular formula is C50H97NO5. The summed E-state index contributed by atoms with van der Waals surface area (Å²) in [5.74, 6) is -0.477. The molecule has 6 nitrogen and oxygen atoms in total. The van der Waals surface area contributed by atoms with Crippen molar-refractivity contribution in [2.75, 3.05) is 6.61 Å². The number of hydrogen-bond acceptors (Lipinski definition) is 5. The molecule has 3 N–H and O–H groups in total. The summed E-state index contributed by atoms with van der Waals surface area (Å²) in [5.41, 5.74) is 0. The molecule has 0 saturated carbocycles. The third kappa shape index (κ3) is 39.4. The molecule has 56 heavy (non-hydrogen) atoms. The Morgan fingerprint density at radius 1 is 0.500 bits per heavy atom. The van der Waals surface area contributed by atoms with Gasteiger partial charge in [-0.05, 0) is 51.4 Å². The van der Waals surface area contributed by atoms with Gasteiger partial charge in [-0.15, -0.1) is 0 Å². The molecule has 0 aliphatic carbocycles. The quantitative estimate of drug-likeness (QED) is 0.0324. The topological polar surface area (TPSA) is 95.9 Å². The van der Waals surface area contributed by atoms with Gasteiger partial charge in [-0.25, -0.2) is 0 Å². The number of hydrogen-bond donors (Lipinski definition) is 3. The number of allylic oxidation sites excluding steroid dienone is 2. The summed E-state index contributed by atoms with van der Waals surface area (Å²) in [6, 6.07) is -0.698. The lowest BCUT2D eigenvalue weighted by Crippen LogP contribution is -2.46. The molecule has 0 heterocycles. The Morgan fingerprint density at radius 3 is 1.30 bits per heavy atom. The number of aliphatic hydroxyl groups is 2. The number of aliphatic hydroxyl groups excluding tert-OH is 2. The van der Waals surface area contributed by atoms with Crippen molar-refractivity contribution < 1.29 is 24.5 Å². The molecule has 0 bridgehead atoms. The van der Waals surface area contributed by atoms with Gasteiger partial charge in [0.05, 0.1) is 25.2 Å². The number of nitrogens with one attached hydrogen (secondary N) is 1. The van der Waals surface area contributed by atoms with Gasteiger partial charge in [0.15, 0.2) is 0 Å². The van der Waals surface area contributed by atoms with Crippen LogP contribution in [0, 0.1) is 0 Å². The van der Waals surface area contributed by atoms with Crippen LogP contribution in [-0.2, 0) is 14.3 Å². The first-order chi connectivity index (χ1) is 27.5. The standard InChI is InChI=1S/C50H97NO5/c1-4-7-10-13-16-19-22-23-24-25-26-27-28-31-34-37-40-43-50(55)56-46(41-38-35-32-29-20-17-14-11-8-5-2)44-49(54)51-47(45-52)48(53)42-39-36-33-30-21-18-15-12-9-6-3/h17,20,46-48,52-53H,4-16,18-19,21-45H2,1-3H3,(H,51,54)/b20-17-. The highest BCUT2D eigenvalue weighted by molar-refractivity contribution is 5.77. The van der Waals surface area contributed by atoms with Crippen LogP contribution in [0.2, 0.25) is 0 Å². The zero-order valence-electron chi connectivity index (χ0n) is 37.8. The Kier molecular flexibility index (Phi) is 43.6. The molecule has 3 atom stereocenters. The van der Waals surface area contributed by atoms with E-state index in [1.807, 2.05) is 0 Å². The van der Waals surface area contributed by atoms with Crippen LogP contribution in [0.25, 0.3) is 0 Å². The highest BCUT2D eigenvalue weighted by atomic mass is 16.5. The number of unbranched alkanes of at least 4 members (excludes halogenated alkanes) is 31. The number of rotatable bonds is 45. The lowest BCUT2D eigenvalue weighted by Gasteiger charge is -2.24. The summed E-state index contributed by atoms with van der Waals surface area (Å²) in [6.45, 7) is 6.45. The summed E-state index contributed by atoms with van der Waals surface area (Å²) in [7, 11) is 0. The van der Waals surface area contributed by atoms with Gasteiger partial charge in [0.25, 0.3) is 0 Å². The molecule has 6 heteroatoms. The normalized spacial score (nSPS) is 13.3. The van der Waals surface area contributed by atoms with Gasteiger partial charge in [0, 0.05) is 6.42 Å². The molecule has 0 aliphatic rings. The van der Waals surface area contributed by atoms with Gasteiger partial charge in [-0.2, -0.15) is 0 Å². The van der Waals surface area contributed by atoms with Gasteiger partial charge in [0.2, 0.25) is 5.91 Å². The molecular weight excluding hydrogens is 695 g/mol. The van der Waals surface area contributed by atoms with Gasteiger partial charge >= 0.3 is 5.97 Å². The first-order valence-corrected chi connectivity index (χ1v) is 24.9. The first-order valence-electron chi connectivity index (χ1n) is 24.9. The summed E-state index contributed by atoms with van der Waals surface area (Å²) < 4.78 is 5.91. The fourth-order valence-electron chi connectivity index (χ4n) is 7.78. The maximum absolute atomic E-state index is 13.1. The summed E-state index contributed by atoms with van der Waals surface area (Å²) >= 11 is 0. The maximum atomic E-state index is 13.1. The fourth-order valence-corrected chi connectivity index (χ4v) is 7.78. The van der Waals surface area contributed by atoms with E-state index in [-0.39, 0.29) is 24.9 Å². The molecule has 0 aromatic rings. The number of amides is 1. The Bertz CT molecular complexity index is 847. The second kappa shape index (κ2) is 44.7. The SMILES string of the molecule is CCCCC/C=C\CCCCCC(CC(=O)NC(CO)C(O)CCCCCCCCCCCC)OC(=O)CCCCCCCCCCCCCCCCCCC. The maximum Gasteiger partial charge on any atom is 0.306 e. The van der Waals surface area contributed by atoms with Crippen LogP contribution in [0.3, 0.4) is 0 Å². The van der Waals surface area contributed by atoms with Crippen molar-refractivity contribution in [3.8, 4) is 0 Å². The lowest BCUT2D eigenvalue weighted by molar-refractivity contribution is -0.151. The lowest BCUT2D eigenvalue weighted by atomic mass is 10.0. The van der Waals surface area contributed by atoms with Gasteiger partial charge in [0.1, 0.15) is 6.10 Å². The van der Waals surface area contributed by atoms with Crippen molar-refractivity contribution in [3.05, 3.63) is 12.2 Å². The van der Waals surface area contributed by atoms with E-state index in [2.05, 4.69) is 38.2 Å². The molecule has 0 fully saturated rings. The summed E-state index contributed by atoms with van der Waals surface area (Å²) in [6.07, 6.45) is 48.5. The monoisotopic (exact) mass is 792 g/mol. The second-order valence-corrected chi connectivity index (χ2v) is 17.2. The third-order valence-corrected chi connectivity index (χ3v) is 11.6. The van der Waals surface area contributed by atoms with Crippen LogP contribution in [0.1, 0.15) is 271 Å². The molecule has 0 aliphatic heterocycles. The molecule has 0 aromatic carbocycles.